The number of sulfonamides is 1. The Hall–Kier alpha value is -0.400. The van der Waals surface area contributed by atoms with Crippen LogP contribution in [0.15, 0.2) is 0 Å². The summed E-state index contributed by atoms with van der Waals surface area (Å²) >= 11 is 6.14. The van der Waals surface area contributed by atoms with Gasteiger partial charge in [0.05, 0.1) is 0 Å². The molecule has 0 aliphatic rings. The average Bonchev–Trinajstić information content (AvgIpc) is 2.35. The van der Waals surface area contributed by atoms with Crippen molar-refractivity contribution in [1.82, 2.24) is 9.36 Å². The number of rotatable bonds is 3. The summed E-state index contributed by atoms with van der Waals surface area (Å²) in [7, 11) is -3.44. The molecule has 8 heteroatoms. The lowest BCUT2D eigenvalue weighted by Crippen LogP contribution is -2.13. The normalized spacial score (nSPS) is 11.5. The summed E-state index contributed by atoms with van der Waals surface area (Å²) in [6, 6.07) is 0. The highest BCUT2D eigenvalue weighted by Crippen LogP contribution is 2.12. The second-order valence-electron chi connectivity index (χ2n) is 1.97. The lowest BCUT2D eigenvalue weighted by atomic mass is 10.8. The lowest BCUT2D eigenvalue weighted by molar-refractivity contribution is 0.605. The third-order valence-electron chi connectivity index (χ3n) is 0.914. The predicted octanol–water partition coefficient (Wildman–Crippen LogP) is 0.785. The van der Waals surface area contributed by atoms with Gasteiger partial charge in [-0.25, -0.2) is 13.4 Å². The van der Waals surface area contributed by atoms with Gasteiger partial charge in [0, 0.05) is 11.5 Å². The highest BCUT2D eigenvalue weighted by molar-refractivity contribution is 7.94. The minimum absolute atomic E-state index is 0.244. The smallest absolute Gasteiger partial charge is 0.248 e. The molecule has 0 bridgehead atoms. The summed E-state index contributed by atoms with van der Waals surface area (Å²) in [5, 5.41) is -0.237. The molecule has 1 rings (SSSR count). The van der Waals surface area contributed by atoms with Gasteiger partial charge in [-0.15, -0.1) is 11.6 Å². The highest BCUT2D eigenvalue weighted by atomic mass is 35.5. The molecule has 1 aromatic heterocycles. The van der Waals surface area contributed by atoms with Crippen LogP contribution >= 0.6 is 23.1 Å². The van der Waals surface area contributed by atoms with E-state index in [0.717, 1.165) is 11.5 Å². The minimum Gasteiger partial charge on any atom is -0.256 e. The van der Waals surface area contributed by atoms with Crippen molar-refractivity contribution in [1.29, 1.82) is 0 Å². The standard InChI is InChI=1S/C4H6ClN3O2S2/c1-3-6-4(11-7-3)8-12(9,10)2-5/h2H2,1H3,(H,6,7,8). The fourth-order valence-corrected chi connectivity index (χ4v) is 1.99. The van der Waals surface area contributed by atoms with E-state index in [2.05, 4.69) is 14.1 Å². The monoisotopic (exact) mass is 227 g/mol. The summed E-state index contributed by atoms with van der Waals surface area (Å²) in [4.78, 5) is 3.80. The first-order chi connectivity index (χ1) is 5.53. The van der Waals surface area contributed by atoms with E-state index in [1.165, 1.54) is 0 Å². The molecule has 0 saturated carbocycles. The van der Waals surface area contributed by atoms with Crippen LogP contribution in [0, 0.1) is 6.92 Å². The summed E-state index contributed by atoms with van der Waals surface area (Å²) in [6.07, 6.45) is 0. The Morgan fingerprint density at radius 3 is 2.75 bits per heavy atom. The summed E-state index contributed by atoms with van der Waals surface area (Å²) in [5.41, 5.74) is 0. The maximum absolute atomic E-state index is 10.9. The van der Waals surface area contributed by atoms with Gasteiger partial charge in [-0.1, -0.05) is 0 Å². The van der Waals surface area contributed by atoms with E-state index in [0.29, 0.717) is 5.82 Å². The van der Waals surface area contributed by atoms with Crippen LogP contribution in [0.4, 0.5) is 5.13 Å². The van der Waals surface area contributed by atoms with Crippen molar-refractivity contribution in [2.75, 3.05) is 9.93 Å². The summed E-state index contributed by atoms with van der Waals surface area (Å²) in [5.74, 6) is 0.535. The van der Waals surface area contributed by atoms with Gasteiger partial charge in [-0.3, -0.25) is 4.72 Å². The van der Waals surface area contributed by atoms with Crippen LogP contribution in [0.5, 0.6) is 0 Å². The molecule has 0 amide bonds. The fraction of sp³-hybridized carbons (Fsp3) is 0.500. The quantitative estimate of drug-likeness (QED) is 0.775. The van der Waals surface area contributed by atoms with Crippen LogP contribution in [0.1, 0.15) is 5.82 Å². The van der Waals surface area contributed by atoms with Gasteiger partial charge >= 0.3 is 0 Å². The van der Waals surface area contributed by atoms with E-state index < -0.39 is 15.2 Å². The van der Waals surface area contributed by atoms with Crippen LogP contribution in [-0.2, 0) is 10.0 Å². The van der Waals surface area contributed by atoms with Crippen molar-refractivity contribution in [2.45, 2.75) is 6.92 Å². The molecule has 0 radical (unpaired) electrons. The van der Waals surface area contributed by atoms with Crippen LogP contribution in [-0.4, -0.2) is 23.0 Å². The first-order valence-electron chi connectivity index (χ1n) is 2.90. The number of aromatic nitrogens is 2. The Morgan fingerprint density at radius 2 is 2.33 bits per heavy atom. The van der Waals surface area contributed by atoms with E-state index in [9.17, 15) is 8.42 Å². The minimum atomic E-state index is -3.44. The number of hydrogen-bond donors (Lipinski definition) is 1. The second kappa shape index (κ2) is 3.55. The molecular weight excluding hydrogens is 222 g/mol. The van der Waals surface area contributed by atoms with Gasteiger partial charge < -0.3 is 0 Å². The van der Waals surface area contributed by atoms with Crippen LogP contribution in [0.2, 0.25) is 0 Å². The molecule has 0 spiro atoms. The number of alkyl halides is 1. The molecule has 0 fully saturated rings. The number of aryl methyl sites for hydroxylation is 1. The van der Waals surface area contributed by atoms with E-state index in [-0.39, 0.29) is 5.13 Å². The lowest BCUT2D eigenvalue weighted by Gasteiger charge is -1.97. The molecule has 0 atom stereocenters. The second-order valence-corrected chi connectivity index (χ2v) is 5.03. The molecule has 68 valence electrons. The van der Waals surface area contributed by atoms with Crippen molar-refractivity contribution >= 4 is 38.3 Å². The van der Waals surface area contributed by atoms with Crippen molar-refractivity contribution in [3.63, 3.8) is 0 Å². The number of halogens is 1. The van der Waals surface area contributed by atoms with E-state index in [1.54, 1.807) is 6.92 Å². The van der Waals surface area contributed by atoms with E-state index >= 15 is 0 Å². The molecule has 1 N–H and O–H groups in total. The third kappa shape index (κ3) is 2.58. The van der Waals surface area contributed by atoms with Gasteiger partial charge in [0.15, 0.2) is 0 Å². The first-order valence-corrected chi connectivity index (χ1v) is 5.86. The molecule has 5 nitrogen and oxygen atoms in total. The van der Waals surface area contributed by atoms with Crippen molar-refractivity contribution in [3.05, 3.63) is 5.82 Å². The zero-order chi connectivity index (χ0) is 9.19. The maximum atomic E-state index is 10.9. The molecule has 0 aromatic carbocycles. The van der Waals surface area contributed by atoms with E-state index in [4.69, 9.17) is 11.6 Å². The average molecular weight is 228 g/mol. The molecule has 0 saturated heterocycles. The van der Waals surface area contributed by atoms with Crippen LogP contribution < -0.4 is 4.72 Å². The van der Waals surface area contributed by atoms with Gasteiger partial charge in [-0.2, -0.15) is 4.37 Å². The molecule has 0 aliphatic carbocycles. The van der Waals surface area contributed by atoms with Crippen molar-refractivity contribution < 1.29 is 8.42 Å². The number of nitrogens with one attached hydrogen (secondary N) is 1. The predicted molar refractivity (Wildman–Crippen MR) is 47.9 cm³/mol. The maximum Gasteiger partial charge on any atom is 0.248 e. The van der Waals surface area contributed by atoms with Crippen LogP contribution in [0.3, 0.4) is 0 Å². The zero-order valence-electron chi connectivity index (χ0n) is 6.11. The molecule has 0 aliphatic heterocycles. The number of anilines is 1. The molecule has 1 aromatic rings. The van der Waals surface area contributed by atoms with Gasteiger partial charge in [0.2, 0.25) is 15.2 Å². The van der Waals surface area contributed by atoms with E-state index in [1.807, 2.05) is 0 Å². The summed E-state index contributed by atoms with van der Waals surface area (Å²) < 4.78 is 27.7. The Morgan fingerprint density at radius 1 is 1.67 bits per heavy atom. The topological polar surface area (TPSA) is 72.0 Å². The molecular formula is C4H6ClN3O2S2. The SMILES string of the molecule is Cc1nsc(NS(=O)(=O)CCl)n1. The molecule has 0 unspecified atom stereocenters. The zero-order valence-corrected chi connectivity index (χ0v) is 8.50. The Labute approximate surface area is 79.0 Å². The fourth-order valence-electron chi connectivity index (χ4n) is 0.499. The number of nitrogens with zero attached hydrogens (tertiary/aromatic N) is 2. The van der Waals surface area contributed by atoms with Crippen molar-refractivity contribution in [2.24, 2.45) is 0 Å². The Balaban J connectivity index is 2.77. The summed E-state index contributed by atoms with van der Waals surface area (Å²) in [6.45, 7) is 1.68. The Kier molecular flexibility index (Phi) is 2.86. The van der Waals surface area contributed by atoms with Gasteiger partial charge in [-0.05, 0) is 6.92 Å². The molecule has 12 heavy (non-hydrogen) atoms. The van der Waals surface area contributed by atoms with Crippen molar-refractivity contribution in [3.8, 4) is 0 Å². The van der Waals surface area contributed by atoms with Crippen LogP contribution in [0.25, 0.3) is 0 Å². The highest BCUT2D eigenvalue weighted by Gasteiger charge is 2.10. The molecule has 1 heterocycles. The first kappa shape index (κ1) is 9.69. The largest absolute Gasteiger partial charge is 0.256 e. The Bertz CT molecular complexity index is 360. The van der Waals surface area contributed by atoms with Gasteiger partial charge in [0.25, 0.3) is 0 Å². The third-order valence-corrected chi connectivity index (χ3v) is 3.42. The van der Waals surface area contributed by atoms with Gasteiger partial charge in [0.1, 0.15) is 11.0 Å². The number of hydrogen-bond acceptors (Lipinski definition) is 5.